The van der Waals surface area contributed by atoms with Crippen molar-refractivity contribution in [2.75, 3.05) is 6.79 Å². The van der Waals surface area contributed by atoms with Crippen LogP contribution in [0.2, 0.25) is 0 Å². The van der Waals surface area contributed by atoms with Gasteiger partial charge in [-0.1, -0.05) is 13.0 Å². The number of aromatic nitrogens is 1. The molecule has 1 amide bonds. The van der Waals surface area contributed by atoms with Gasteiger partial charge in [0.2, 0.25) is 6.79 Å². The predicted octanol–water partition coefficient (Wildman–Crippen LogP) is 2.21. The zero-order valence-corrected chi connectivity index (χ0v) is 13.0. The van der Waals surface area contributed by atoms with Crippen LogP contribution in [0.5, 0.6) is 11.5 Å². The van der Waals surface area contributed by atoms with Crippen LogP contribution in [-0.2, 0) is 6.54 Å². The molecule has 1 atom stereocenters. The van der Waals surface area contributed by atoms with E-state index in [1.807, 2.05) is 25.1 Å². The van der Waals surface area contributed by atoms with Gasteiger partial charge < -0.3 is 20.5 Å². The molecular formula is C15H17N3O3S. The van der Waals surface area contributed by atoms with Crippen molar-refractivity contribution >= 4 is 17.2 Å². The highest BCUT2D eigenvalue weighted by Gasteiger charge is 2.16. The van der Waals surface area contributed by atoms with E-state index in [2.05, 4.69) is 10.3 Å². The lowest BCUT2D eigenvalue weighted by Gasteiger charge is -2.05. The lowest BCUT2D eigenvalue weighted by Crippen LogP contribution is -2.23. The number of benzene rings is 1. The van der Waals surface area contributed by atoms with Gasteiger partial charge in [0.05, 0.1) is 6.04 Å². The topological polar surface area (TPSA) is 86.5 Å². The summed E-state index contributed by atoms with van der Waals surface area (Å²) >= 11 is 1.42. The molecule has 3 N–H and O–H groups in total. The molecule has 0 saturated carbocycles. The fourth-order valence-corrected chi connectivity index (χ4v) is 2.95. The number of hydrogen-bond donors (Lipinski definition) is 2. The van der Waals surface area contributed by atoms with E-state index < -0.39 is 0 Å². The van der Waals surface area contributed by atoms with E-state index in [0.29, 0.717) is 18.0 Å². The third-order valence-corrected chi connectivity index (χ3v) is 4.38. The number of hydrogen-bond acceptors (Lipinski definition) is 6. The summed E-state index contributed by atoms with van der Waals surface area (Å²) in [6, 6.07) is 5.49. The molecule has 1 aromatic carbocycles. The number of ether oxygens (including phenoxy) is 2. The first-order valence-corrected chi connectivity index (χ1v) is 7.93. The highest BCUT2D eigenvalue weighted by atomic mass is 32.1. The number of rotatable bonds is 5. The minimum absolute atomic E-state index is 0.111. The molecule has 0 fully saturated rings. The Morgan fingerprint density at radius 3 is 3.09 bits per heavy atom. The molecule has 0 spiro atoms. The van der Waals surface area contributed by atoms with Gasteiger partial charge >= 0.3 is 0 Å². The number of nitrogens with one attached hydrogen (secondary N) is 1. The Morgan fingerprint density at radius 1 is 1.45 bits per heavy atom. The van der Waals surface area contributed by atoms with Gasteiger partial charge in [0.1, 0.15) is 10.7 Å². The van der Waals surface area contributed by atoms with Crippen molar-refractivity contribution in [3.63, 3.8) is 0 Å². The molecule has 6 nitrogen and oxygen atoms in total. The van der Waals surface area contributed by atoms with Gasteiger partial charge in [0, 0.05) is 11.9 Å². The normalized spacial score (nSPS) is 13.9. The van der Waals surface area contributed by atoms with Gasteiger partial charge in [-0.05, 0) is 24.1 Å². The van der Waals surface area contributed by atoms with Gasteiger partial charge in [-0.3, -0.25) is 4.79 Å². The summed E-state index contributed by atoms with van der Waals surface area (Å²) in [4.78, 5) is 16.4. The average molecular weight is 319 g/mol. The highest BCUT2D eigenvalue weighted by molar-refractivity contribution is 7.09. The number of fused-ring (bicyclic) bond motifs is 1. The molecule has 2 aromatic rings. The Bertz CT molecular complexity index is 686. The molecule has 0 radical (unpaired) electrons. The molecule has 0 saturated heterocycles. The van der Waals surface area contributed by atoms with Crippen LogP contribution >= 0.6 is 11.3 Å². The third kappa shape index (κ3) is 3.05. The largest absolute Gasteiger partial charge is 0.454 e. The van der Waals surface area contributed by atoms with Gasteiger partial charge in [-0.25, -0.2) is 4.98 Å². The molecular weight excluding hydrogens is 302 g/mol. The molecule has 116 valence electrons. The van der Waals surface area contributed by atoms with Crippen LogP contribution in [-0.4, -0.2) is 17.7 Å². The maximum Gasteiger partial charge on any atom is 0.271 e. The smallest absolute Gasteiger partial charge is 0.271 e. The lowest BCUT2D eigenvalue weighted by atomic mass is 10.2. The number of nitrogens with zero attached hydrogens (tertiary/aromatic N) is 1. The van der Waals surface area contributed by atoms with Crippen LogP contribution in [0.3, 0.4) is 0 Å². The Kier molecular flexibility index (Phi) is 4.26. The zero-order chi connectivity index (χ0) is 15.5. The van der Waals surface area contributed by atoms with Crippen molar-refractivity contribution in [1.29, 1.82) is 0 Å². The number of carbonyl (C=O) groups is 1. The molecule has 3 rings (SSSR count). The first-order valence-electron chi connectivity index (χ1n) is 7.05. The number of nitrogens with two attached hydrogens (primary N) is 1. The Labute approximate surface area is 132 Å². The second kappa shape index (κ2) is 6.33. The van der Waals surface area contributed by atoms with Crippen LogP contribution < -0.4 is 20.5 Å². The highest BCUT2D eigenvalue weighted by Crippen LogP contribution is 2.32. The summed E-state index contributed by atoms with van der Waals surface area (Å²) in [5.41, 5.74) is 7.27. The maximum atomic E-state index is 12.1. The Balaban J connectivity index is 1.61. The first kappa shape index (κ1) is 14.8. The van der Waals surface area contributed by atoms with Crippen LogP contribution in [0.4, 0.5) is 0 Å². The van der Waals surface area contributed by atoms with Crippen LogP contribution in [0, 0.1) is 0 Å². The van der Waals surface area contributed by atoms with Crippen molar-refractivity contribution in [2.45, 2.75) is 25.9 Å². The van der Waals surface area contributed by atoms with Crippen molar-refractivity contribution < 1.29 is 14.3 Å². The lowest BCUT2D eigenvalue weighted by molar-refractivity contribution is 0.0946. The van der Waals surface area contributed by atoms with Crippen molar-refractivity contribution in [3.8, 4) is 11.5 Å². The quantitative estimate of drug-likeness (QED) is 0.882. The van der Waals surface area contributed by atoms with Gasteiger partial charge in [-0.15, -0.1) is 11.3 Å². The predicted molar refractivity (Wildman–Crippen MR) is 83.1 cm³/mol. The van der Waals surface area contributed by atoms with E-state index in [4.69, 9.17) is 15.2 Å². The van der Waals surface area contributed by atoms with Gasteiger partial charge in [0.25, 0.3) is 5.91 Å². The molecule has 1 aliphatic heterocycles. The Morgan fingerprint density at radius 2 is 2.27 bits per heavy atom. The fourth-order valence-electron chi connectivity index (χ4n) is 2.06. The van der Waals surface area contributed by atoms with E-state index >= 15 is 0 Å². The van der Waals surface area contributed by atoms with E-state index in [0.717, 1.165) is 22.7 Å². The summed E-state index contributed by atoms with van der Waals surface area (Å²) in [6.45, 7) is 2.64. The minimum atomic E-state index is -0.205. The summed E-state index contributed by atoms with van der Waals surface area (Å²) in [5, 5.41) is 5.37. The SMILES string of the molecule is CCC(N)c1nc(C(=O)NCc2ccc3c(c2)OCO3)cs1. The monoisotopic (exact) mass is 319 g/mol. The molecule has 1 aliphatic rings. The van der Waals surface area contributed by atoms with E-state index in [9.17, 15) is 4.79 Å². The van der Waals surface area contributed by atoms with Gasteiger partial charge in [0.15, 0.2) is 11.5 Å². The fraction of sp³-hybridized carbons (Fsp3) is 0.333. The molecule has 1 aromatic heterocycles. The zero-order valence-electron chi connectivity index (χ0n) is 12.2. The standard InChI is InChI=1S/C15H17N3O3S/c1-2-10(16)15-18-11(7-22-15)14(19)17-6-9-3-4-12-13(5-9)21-8-20-12/h3-5,7,10H,2,6,8,16H2,1H3,(H,17,19). The number of amides is 1. The van der Waals surface area contributed by atoms with Crippen LogP contribution in [0.25, 0.3) is 0 Å². The molecule has 1 unspecified atom stereocenters. The number of carbonyl (C=O) groups excluding carboxylic acids is 1. The third-order valence-electron chi connectivity index (χ3n) is 3.40. The van der Waals surface area contributed by atoms with Gasteiger partial charge in [-0.2, -0.15) is 0 Å². The van der Waals surface area contributed by atoms with Crippen LogP contribution in [0.1, 0.15) is 40.4 Å². The summed E-state index contributed by atoms with van der Waals surface area (Å²) in [7, 11) is 0. The maximum absolute atomic E-state index is 12.1. The summed E-state index contributed by atoms with van der Waals surface area (Å²) in [5.74, 6) is 1.23. The number of thiazole rings is 1. The summed E-state index contributed by atoms with van der Waals surface area (Å²) < 4.78 is 10.6. The van der Waals surface area contributed by atoms with Crippen molar-refractivity contribution in [1.82, 2.24) is 10.3 Å². The average Bonchev–Trinajstić information content (AvgIpc) is 3.20. The molecule has 22 heavy (non-hydrogen) atoms. The van der Waals surface area contributed by atoms with Crippen molar-refractivity contribution in [3.05, 3.63) is 39.8 Å². The molecule has 0 aliphatic carbocycles. The van der Waals surface area contributed by atoms with Crippen LogP contribution in [0.15, 0.2) is 23.6 Å². The Hall–Kier alpha value is -2.12. The molecule has 2 heterocycles. The van der Waals surface area contributed by atoms with E-state index in [1.165, 1.54) is 11.3 Å². The van der Waals surface area contributed by atoms with Crippen molar-refractivity contribution in [2.24, 2.45) is 5.73 Å². The first-order chi connectivity index (χ1) is 10.7. The second-order valence-electron chi connectivity index (χ2n) is 4.96. The minimum Gasteiger partial charge on any atom is -0.454 e. The molecule has 7 heteroatoms. The second-order valence-corrected chi connectivity index (χ2v) is 5.85. The van der Waals surface area contributed by atoms with E-state index in [1.54, 1.807) is 5.38 Å². The summed E-state index contributed by atoms with van der Waals surface area (Å²) in [6.07, 6.45) is 0.797. The van der Waals surface area contributed by atoms with E-state index in [-0.39, 0.29) is 18.7 Å². The molecule has 0 bridgehead atoms.